The monoisotopic (exact) mass is 264 g/mol. The first-order valence-corrected chi connectivity index (χ1v) is 8.06. The summed E-state index contributed by atoms with van der Waals surface area (Å²) >= 11 is 0. The van der Waals surface area contributed by atoms with Crippen LogP contribution in [0, 0.1) is 0 Å². The van der Waals surface area contributed by atoms with Crippen LogP contribution in [-0.4, -0.2) is 18.7 Å². The zero-order valence-corrected chi connectivity index (χ0v) is 11.4. The number of allylic oxidation sites excluding steroid dienone is 1. The van der Waals surface area contributed by atoms with Crippen LogP contribution in [0.25, 0.3) is 0 Å². The predicted molar refractivity (Wildman–Crippen MR) is 72.5 cm³/mol. The van der Waals surface area contributed by atoms with Crippen LogP contribution in [0.4, 0.5) is 0 Å². The molecule has 1 aliphatic rings. The predicted octanol–water partition coefficient (Wildman–Crippen LogP) is 2.92. The van der Waals surface area contributed by atoms with E-state index >= 15 is 0 Å². The molecule has 0 radical (unpaired) electrons. The summed E-state index contributed by atoms with van der Waals surface area (Å²) in [6, 6.07) is 9.43. The third-order valence-electron chi connectivity index (χ3n) is 3.09. The van der Waals surface area contributed by atoms with Crippen molar-refractivity contribution in [3.05, 3.63) is 41.7 Å². The highest BCUT2D eigenvalue weighted by Crippen LogP contribution is 2.58. The van der Waals surface area contributed by atoms with E-state index < -0.39 is 7.14 Å². The maximum atomic E-state index is 13.0. The van der Waals surface area contributed by atoms with Crippen molar-refractivity contribution in [2.24, 2.45) is 0 Å². The first kappa shape index (κ1) is 13.1. The molecule has 1 aliphatic heterocycles. The number of carbonyl (C=O) groups excluding carboxylic acids is 1. The quantitative estimate of drug-likeness (QED) is 0.620. The van der Waals surface area contributed by atoms with Crippen molar-refractivity contribution in [2.45, 2.75) is 19.8 Å². The minimum Gasteiger partial charge on any atom is -0.466 e. The van der Waals surface area contributed by atoms with Gasteiger partial charge in [0.2, 0.25) is 0 Å². The zero-order valence-electron chi connectivity index (χ0n) is 10.5. The van der Waals surface area contributed by atoms with E-state index in [1.54, 1.807) is 6.92 Å². The molecule has 1 atom stereocenters. The maximum Gasteiger partial charge on any atom is 0.310 e. The molecule has 0 saturated heterocycles. The highest BCUT2D eigenvalue weighted by molar-refractivity contribution is 7.75. The minimum absolute atomic E-state index is 0.153. The summed E-state index contributed by atoms with van der Waals surface area (Å²) in [5, 5.41) is 1.60. The molecule has 2 rings (SSSR count). The lowest BCUT2D eigenvalue weighted by Crippen LogP contribution is -2.10. The van der Waals surface area contributed by atoms with Crippen molar-refractivity contribution < 1.29 is 14.1 Å². The van der Waals surface area contributed by atoms with Gasteiger partial charge >= 0.3 is 5.97 Å². The van der Waals surface area contributed by atoms with Gasteiger partial charge in [-0.05, 0) is 13.3 Å². The molecule has 0 amide bonds. The normalized spacial score (nSPS) is 22.6. The van der Waals surface area contributed by atoms with E-state index in [1.165, 1.54) is 0 Å². The van der Waals surface area contributed by atoms with Gasteiger partial charge in [-0.25, -0.2) is 0 Å². The van der Waals surface area contributed by atoms with E-state index in [9.17, 15) is 9.36 Å². The summed E-state index contributed by atoms with van der Waals surface area (Å²) in [7, 11) is -2.55. The Morgan fingerprint density at radius 1 is 1.33 bits per heavy atom. The topological polar surface area (TPSA) is 43.4 Å². The molecule has 4 heteroatoms. The van der Waals surface area contributed by atoms with E-state index in [2.05, 4.69) is 0 Å². The second-order valence-electron chi connectivity index (χ2n) is 4.26. The zero-order chi connectivity index (χ0) is 13.0. The summed E-state index contributed by atoms with van der Waals surface area (Å²) in [6.45, 7) is 2.14. The largest absolute Gasteiger partial charge is 0.466 e. The van der Waals surface area contributed by atoms with Crippen LogP contribution in [0.5, 0.6) is 0 Å². The lowest BCUT2D eigenvalue weighted by Gasteiger charge is -2.16. The molecule has 18 heavy (non-hydrogen) atoms. The van der Waals surface area contributed by atoms with E-state index in [4.69, 9.17) is 4.74 Å². The molecule has 1 aromatic rings. The molecule has 0 unspecified atom stereocenters. The molecular weight excluding hydrogens is 247 g/mol. The SMILES string of the molecule is CCOC(=O)CC1=CCC[P@]1(=O)c1ccccc1. The van der Waals surface area contributed by atoms with Crippen molar-refractivity contribution in [2.75, 3.05) is 12.8 Å². The molecule has 0 bridgehead atoms. The minimum atomic E-state index is -2.55. The molecule has 1 heterocycles. The Bertz CT molecular complexity index is 505. The summed E-state index contributed by atoms with van der Waals surface area (Å²) in [6.07, 6.45) is 3.50. The third kappa shape index (κ3) is 2.56. The van der Waals surface area contributed by atoms with Gasteiger partial charge in [0.15, 0.2) is 0 Å². The fourth-order valence-electron chi connectivity index (χ4n) is 2.23. The molecule has 0 spiro atoms. The Morgan fingerprint density at radius 2 is 2.06 bits per heavy atom. The second kappa shape index (κ2) is 5.53. The van der Waals surface area contributed by atoms with Crippen LogP contribution >= 0.6 is 7.14 Å². The van der Waals surface area contributed by atoms with E-state index in [0.717, 1.165) is 17.0 Å². The molecule has 0 saturated carbocycles. The van der Waals surface area contributed by atoms with Gasteiger partial charge in [-0.3, -0.25) is 4.79 Å². The van der Waals surface area contributed by atoms with Gasteiger partial charge in [-0.15, -0.1) is 0 Å². The number of ether oxygens (including phenoxy) is 1. The molecule has 1 aromatic carbocycles. The maximum absolute atomic E-state index is 13.0. The summed E-state index contributed by atoms with van der Waals surface area (Å²) in [5.41, 5.74) is 0. The van der Waals surface area contributed by atoms with E-state index in [-0.39, 0.29) is 12.4 Å². The third-order valence-corrected chi connectivity index (χ3v) is 6.38. The van der Waals surface area contributed by atoms with Crippen LogP contribution in [0.3, 0.4) is 0 Å². The summed E-state index contributed by atoms with van der Waals surface area (Å²) in [4.78, 5) is 11.5. The van der Waals surface area contributed by atoms with Crippen molar-refractivity contribution >= 4 is 18.4 Å². The Morgan fingerprint density at radius 3 is 2.72 bits per heavy atom. The van der Waals surface area contributed by atoms with Gasteiger partial charge in [0.25, 0.3) is 0 Å². The number of hydrogen-bond acceptors (Lipinski definition) is 3. The first-order valence-electron chi connectivity index (χ1n) is 6.16. The smallest absolute Gasteiger partial charge is 0.310 e. The van der Waals surface area contributed by atoms with Gasteiger partial charge in [-0.2, -0.15) is 0 Å². The highest BCUT2D eigenvalue weighted by atomic mass is 31.2. The Balaban J connectivity index is 2.21. The lowest BCUT2D eigenvalue weighted by atomic mass is 10.3. The number of hydrogen-bond donors (Lipinski definition) is 0. The molecule has 0 fully saturated rings. The Kier molecular flexibility index (Phi) is 4.03. The molecule has 3 nitrogen and oxygen atoms in total. The standard InChI is InChI=1S/C14H17O3P/c1-2-17-14(15)11-13-9-6-10-18(13,16)12-7-4-3-5-8-12/h3-5,7-9H,2,6,10-11H2,1H3/t18-/m0/s1. The Hall–Kier alpha value is -1.34. The molecule has 96 valence electrons. The number of rotatable bonds is 4. The second-order valence-corrected chi connectivity index (χ2v) is 7.28. The highest BCUT2D eigenvalue weighted by Gasteiger charge is 2.34. The van der Waals surface area contributed by atoms with Gasteiger partial charge in [-0.1, -0.05) is 36.4 Å². The van der Waals surface area contributed by atoms with Gasteiger partial charge < -0.3 is 9.30 Å². The molecule has 0 aliphatic carbocycles. The number of carbonyl (C=O) groups is 1. The van der Waals surface area contributed by atoms with Crippen molar-refractivity contribution in [3.8, 4) is 0 Å². The lowest BCUT2D eigenvalue weighted by molar-refractivity contribution is -0.142. The number of esters is 1. The molecular formula is C14H17O3P. The first-order chi connectivity index (χ1) is 8.66. The van der Waals surface area contributed by atoms with Gasteiger partial charge in [0.05, 0.1) is 13.0 Å². The summed E-state index contributed by atoms with van der Waals surface area (Å²) < 4.78 is 17.9. The average Bonchev–Trinajstić information content (AvgIpc) is 2.74. The Labute approximate surface area is 107 Å². The van der Waals surface area contributed by atoms with Crippen molar-refractivity contribution in [3.63, 3.8) is 0 Å². The number of benzene rings is 1. The van der Waals surface area contributed by atoms with Crippen LogP contribution in [-0.2, 0) is 14.1 Å². The van der Waals surface area contributed by atoms with Crippen molar-refractivity contribution in [1.82, 2.24) is 0 Å². The van der Waals surface area contributed by atoms with E-state index in [0.29, 0.717) is 12.8 Å². The van der Waals surface area contributed by atoms with Gasteiger partial charge in [0.1, 0.15) is 7.14 Å². The average molecular weight is 264 g/mol. The van der Waals surface area contributed by atoms with Crippen LogP contribution in [0.1, 0.15) is 19.8 Å². The van der Waals surface area contributed by atoms with Gasteiger partial charge in [0, 0.05) is 16.8 Å². The van der Waals surface area contributed by atoms with Crippen molar-refractivity contribution in [1.29, 1.82) is 0 Å². The van der Waals surface area contributed by atoms with Crippen LogP contribution in [0.15, 0.2) is 41.7 Å². The van der Waals surface area contributed by atoms with E-state index in [1.807, 2.05) is 36.4 Å². The molecule has 0 aromatic heterocycles. The summed E-state index contributed by atoms with van der Waals surface area (Å²) in [5.74, 6) is -0.290. The van der Waals surface area contributed by atoms with Crippen LogP contribution in [0.2, 0.25) is 0 Å². The molecule has 0 N–H and O–H groups in total. The van der Waals surface area contributed by atoms with Crippen LogP contribution < -0.4 is 5.30 Å². The fraction of sp³-hybridized carbons (Fsp3) is 0.357. The fourth-order valence-corrected chi connectivity index (χ4v) is 5.06.